The van der Waals surface area contributed by atoms with Crippen LogP contribution in [0.5, 0.6) is 0 Å². The number of hydrogen-bond acceptors (Lipinski definition) is 1. The molecule has 0 radical (unpaired) electrons. The normalized spacial score (nSPS) is 15.1. The summed E-state index contributed by atoms with van der Waals surface area (Å²) in [5, 5.41) is 0. The van der Waals surface area contributed by atoms with E-state index in [1.165, 1.54) is 56.2 Å². The van der Waals surface area contributed by atoms with Crippen LogP contribution in [0.1, 0.15) is 85.6 Å². The first-order chi connectivity index (χ1) is 13.5. The van der Waals surface area contributed by atoms with Gasteiger partial charge in [-0.1, -0.05) is 63.3 Å². The molecule has 28 heavy (non-hydrogen) atoms. The third-order valence-corrected chi connectivity index (χ3v) is 6.47. The fraction of sp³-hybridized carbons (Fsp3) is 0.560. The largest absolute Gasteiger partial charge is 0.366 e. The summed E-state index contributed by atoms with van der Waals surface area (Å²) >= 11 is 0. The second-order valence-electron chi connectivity index (χ2n) is 8.53. The third kappa shape index (κ3) is 4.34. The van der Waals surface area contributed by atoms with Crippen molar-refractivity contribution in [3.05, 3.63) is 46.8 Å². The van der Waals surface area contributed by atoms with Crippen LogP contribution in [-0.4, -0.2) is 10.5 Å². The van der Waals surface area contributed by atoms with Crippen LogP contribution in [0.2, 0.25) is 0 Å². The van der Waals surface area contributed by atoms with E-state index in [9.17, 15) is 4.79 Å². The number of aryl methyl sites for hydroxylation is 1. The van der Waals surface area contributed by atoms with Gasteiger partial charge in [0.25, 0.3) is 5.91 Å². The van der Waals surface area contributed by atoms with Crippen molar-refractivity contribution >= 4 is 5.91 Å². The van der Waals surface area contributed by atoms with Crippen LogP contribution < -0.4 is 5.73 Å². The molecule has 1 saturated carbocycles. The summed E-state index contributed by atoms with van der Waals surface area (Å²) in [6.07, 6.45) is 11.2. The van der Waals surface area contributed by atoms with Crippen molar-refractivity contribution in [2.45, 2.75) is 85.1 Å². The maximum Gasteiger partial charge on any atom is 0.251 e. The average molecular weight is 381 g/mol. The molecule has 0 bridgehead atoms. The molecule has 0 unspecified atom stereocenters. The smallest absolute Gasteiger partial charge is 0.251 e. The van der Waals surface area contributed by atoms with E-state index in [2.05, 4.69) is 49.6 Å². The first kappa shape index (κ1) is 20.7. The molecule has 1 aromatic heterocycles. The van der Waals surface area contributed by atoms with E-state index in [-0.39, 0.29) is 5.91 Å². The number of nitrogens with two attached hydrogens (primary N) is 1. The van der Waals surface area contributed by atoms with Crippen LogP contribution >= 0.6 is 0 Å². The van der Waals surface area contributed by atoms with E-state index in [1.807, 2.05) is 0 Å². The second-order valence-corrected chi connectivity index (χ2v) is 8.53. The van der Waals surface area contributed by atoms with Crippen LogP contribution in [0.15, 0.2) is 24.3 Å². The molecule has 0 spiro atoms. The van der Waals surface area contributed by atoms with Gasteiger partial charge in [-0.25, -0.2) is 0 Å². The second kappa shape index (κ2) is 9.45. The monoisotopic (exact) mass is 380 g/mol. The van der Waals surface area contributed by atoms with E-state index in [0.717, 1.165) is 47.7 Å². The number of aromatic nitrogens is 1. The van der Waals surface area contributed by atoms with Crippen molar-refractivity contribution in [2.24, 2.45) is 11.7 Å². The quantitative estimate of drug-likeness (QED) is 0.546. The van der Waals surface area contributed by atoms with E-state index in [0.29, 0.717) is 0 Å². The molecule has 1 fully saturated rings. The van der Waals surface area contributed by atoms with E-state index >= 15 is 0 Å². The lowest BCUT2D eigenvalue weighted by atomic mass is 9.89. The summed E-state index contributed by atoms with van der Waals surface area (Å²) in [5.41, 5.74) is 12.5. The van der Waals surface area contributed by atoms with Crippen molar-refractivity contribution in [3.63, 3.8) is 0 Å². The Kier molecular flexibility index (Phi) is 6.98. The van der Waals surface area contributed by atoms with Gasteiger partial charge in [-0.15, -0.1) is 0 Å². The Hall–Kier alpha value is -2.03. The summed E-state index contributed by atoms with van der Waals surface area (Å²) in [5.74, 6) is 0.421. The molecule has 1 aliphatic carbocycles. The van der Waals surface area contributed by atoms with Gasteiger partial charge in [0, 0.05) is 23.5 Å². The van der Waals surface area contributed by atoms with E-state index in [1.54, 1.807) is 0 Å². The van der Waals surface area contributed by atoms with Gasteiger partial charge in [0.2, 0.25) is 0 Å². The SMILES string of the molecule is CCCCCc1c(-c2ccccc2C)c(C(N)=O)c(C)n1CC1CCCCC1. The lowest BCUT2D eigenvalue weighted by molar-refractivity contribution is 0.1000. The zero-order chi connectivity index (χ0) is 20.1. The number of amides is 1. The number of benzene rings is 1. The maximum atomic E-state index is 12.5. The highest BCUT2D eigenvalue weighted by Crippen LogP contribution is 2.37. The summed E-state index contributed by atoms with van der Waals surface area (Å²) in [6, 6.07) is 8.40. The van der Waals surface area contributed by atoms with Crippen molar-refractivity contribution in [3.8, 4) is 11.1 Å². The Morgan fingerprint density at radius 3 is 2.46 bits per heavy atom. The van der Waals surface area contributed by atoms with Crippen LogP contribution in [0.25, 0.3) is 11.1 Å². The number of carbonyl (C=O) groups is 1. The maximum absolute atomic E-state index is 12.5. The number of carbonyl (C=O) groups excluding carboxylic acids is 1. The summed E-state index contributed by atoms with van der Waals surface area (Å²) < 4.78 is 2.45. The molecule has 2 aromatic rings. The van der Waals surface area contributed by atoms with Crippen LogP contribution in [0.4, 0.5) is 0 Å². The molecule has 3 rings (SSSR count). The molecule has 0 aliphatic heterocycles. The number of unbranched alkanes of at least 4 members (excludes halogenated alkanes) is 2. The van der Waals surface area contributed by atoms with Crippen LogP contribution in [0, 0.1) is 19.8 Å². The standard InChI is InChI=1S/C25H36N2O/c1-4-5-7-16-22-24(21-15-11-10-12-18(21)2)23(25(26)28)19(3)27(22)17-20-13-8-6-9-14-20/h10-12,15,20H,4-9,13-14,16-17H2,1-3H3,(H2,26,28). The molecular weight excluding hydrogens is 344 g/mol. The number of hydrogen-bond donors (Lipinski definition) is 1. The highest BCUT2D eigenvalue weighted by Gasteiger charge is 2.27. The molecule has 1 amide bonds. The summed E-state index contributed by atoms with van der Waals surface area (Å²) in [6.45, 7) is 7.49. The topological polar surface area (TPSA) is 48.0 Å². The first-order valence-corrected chi connectivity index (χ1v) is 11.1. The van der Waals surface area contributed by atoms with Crippen molar-refractivity contribution in [1.82, 2.24) is 4.57 Å². The van der Waals surface area contributed by atoms with Gasteiger partial charge in [0.1, 0.15) is 0 Å². The molecule has 152 valence electrons. The summed E-state index contributed by atoms with van der Waals surface area (Å²) in [7, 11) is 0. The third-order valence-electron chi connectivity index (χ3n) is 6.47. The zero-order valence-corrected chi connectivity index (χ0v) is 17.9. The molecule has 0 saturated heterocycles. The number of nitrogens with zero attached hydrogens (tertiary/aromatic N) is 1. The Labute approximate surface area is 170 Å². The van der Waals surface area contributed by atoms with E-state index in [4.69, 9.17) is 5.73 Å². The minimum atomic E-state index is -0.296. The predicted molar refractivity (Wildman–Crippen MR) is 118 cm³/mol. The lowest BCUT2D eigenvalue weighted by Crippen LogP contribution is -2.18. The Morgan fingerprint density at radius 2 is 1.82 bits per heavy atom. The van der Waals surface area contributed by atoms with Gasteiger partial charge in [-0.2, -0.15) is 0 Å². The zero-order valence-electron chi connectivity index (χ0n) is 17.9. The molecule has 2 N–H and O–H groups in total. The number of rotatable bonds is 8. The fourth-order valence-electron chi connectivity index (χ4n) is 4.92. The van der Waals surface area contributed by atoms with Gasteiger partial charge in [-0.3, -0.25) is 4.79 Å². The van der Waals surface area contributed by atoms with Crippen molar-refractivity contribution in [2.75, 3.05) is 0 Å². The first-order valence-electron chi connectivity index (χ1n) is 11.1. The van der Waals surface area contributed by atoms with Crippen molar-refractivity contribution < 1.29 is 4.79 Å². The molecule has 3 heteroatoms. The molecular formula is C25H36N2O. The molecule has 1 aromatic carbocycles. The van der Waals surface area contributed by atoms with Gasteiger partial charge < -0.3 is 10.3 Å². The van der Waals surface area contributed by atoms with Gasteiger partial charge >= 0.3 is 0 Å². The van der Waals surface area contributed by atoms with Crippen LogP contribution in [-0.2, 0) is 13.0 Å². The Bertz CT molecular complexity index is 812. The fourth-order valence-corrected chi connectivity index (χ4v) is 4.92. The van der Waals surface area contributed by atoms with Crippen LogP contribution in [0.3, 0.4) is 0 Å². The van der Waals surface area contributed by atoms with Gasteiger partial charge in [0.05, 0.1) is 5.56 Å². The minimum Gasteiger partial charge on any atom is -0.366 e. The lowest BCUT2D eigenvalue weighted by Gasteiger charge is -2.24. The Balaban J connectivity index is 2.13. The Morgan fingerprint density at radius 1 is 1.11 bits per heavy atom. The molecule has 0 atom stereocenters. The molecule has 1 heterocycles. The minimum absolute atomic E-state index is 0.296. The number of primary amides is 1. The predicted octanol–water partition coefficient (Wildman–Crippen LogP) is 6.18. The molecule has 3 nitrogen and oxygen atoms in total. The highest BCUT2D eigenvalue weighted by atomic mass is 16.1. The van der Waals surface area contributed by atoms with Gasteiger partial charge in [-0.05, 0) is 56.6 Å². The van der Waals surface area contributed by atoms with Crippen molar-refractivity contribution in [1.29, 1.82) is 0 Å². The summed E-state index contributed by atoms with van der Waals surface area (Å²) in [4.78, 5) is 12.5. The molecule has 1 aliphatic rings. The van der Waals surface area contributed by atoms with Gasteiger partial charge in [0.15, 0.2) is 0 Å². The average Bonchev–Trinajstić information content (AvgIpc) is 2.95. The van der Waals surface area contributed by atoms with E-state index < -0.39 is 0 Å². The highest BCUT2D eigenvalue weighted by molar-refractivity contribution is 6.02.